The smallest absolute Gasteiger partial charge is 0.230 e. The number of carbonyl (C=O) groups is 2. The SMILES string of the molecule is O=C(C1CCCC1)N1CC[C@@]2(CCCN(CC3CCCCC3)C2=O)C1. The monoisotopic (exact) mass is 346 g/mol. The van der Waals surface area contributed by atoms with Gasteiger partial charge in [0.1, 0.15) is 0 Å². The molecule has 0 aromatic heterocycles. The second-order valence-electron chi connectivity index (χ2n) is 9.13. The van der Waals surface area contributed by atoms with Crippen molar-refractivity contribution in [1.29, 1.82) is 0 Å². The molecule has 4 heteroatoms. The lowest BCUT2D eigenvalue weighted by molar-refractivity contribution is -0.147. The van der Waals surface area contributed by atoms with Gasteiger partial charge in [0, 0.05) is 32.1 Å². The molecule has 0 aromatic rings. The van der Waals surface area contributed by atoms with Gasteiger partial charge in [0.25, 0.3) is 0 Å². The van der Waals surface area contributed by atoms with E-state index in [0.29, 0.717) is 24.3 Å². The summed E-state index contributed by atoms with van der Waals surface area (Å²) in [5.41, 5.74) is -0.249. The van der Waals surface area contributed by atoms with Crippen LogP contribution in [0.15, 0.2) is 0 Å². The van der Waals surface area contributed by atoms with Gasteiger partial charge in [0.15, 0.2) is 0 Å². The molecule has 4 fully saturated rings. The molecule has 2 saturated heterocycles. The van der Waals surface area contributed by atoms with E-state index in [1.807, 2.05) is 4.90 Å². The predicted octanol–water partition coefficient (Wildman–Crippen LogP) is 3.60. The Morgan fingerprint density at radius 3 is 2.40 bits per heavy atom. The van der Waals surface area contributed by atoms with Crippen LogP contribution in [0, 0.1) is 17.3 Å². The minimum absolute atomic E-state index is 0.243. The number of carbonyl (C=O) groups excluding carboxylic acids is 2. The Morgan fingerprint density at radius 1 is 0.920 bits per heavy atom. The molecule has 2 saturated carbocycles. The Hall–Kier alpha value is -1.06. The fourth-order valence-electron chi connectivity index (χ4n) is 5.88. The molecule has 1 spiro atoms. The summed E-state index contributed by atoms with van der Waals surface area (Å²) in [6, 6.07) is 0. The first-order valence-corrected chi connectivity index (χ1v) is 10.8. The first-order chi connectivity index (χ1) is 12.2. The lowest BCUT2D eigenvalue weighted by Crippen LogP contribution is -2.51. The number of nitrogens with zero attached hydrogens (tertiary/aromatic N) is 2. The van der Waals surface area contributed by atoms with Crippen molar-refractivity contribution in [2.24, 2.45) is 17.3 Å². The van der Waals surface area contributed by atoms with E-state index in [2.05, 4.69) is 4.90 Å². The number of hydrogen-bond donors (Lipinski definition) is 0. The zero-order valence-electron chi connectivity index (χ0n) is 15.7. The average Bonchev–Trinajstić information content (AvgIpc) is 3.31. The number of likely N-dealkylation sites (tertiary alicyclic amines) is 2. The molecular formula is C21H34N2O2. The minimum Gasteiger partial charge on any atom is -0.342 e. The quantitative estimate of drug-likeness (QED) is 0.783. The van der Waals surface area contributed by atoms with Crippen molar-refractivity contribution in [3.05, 3.63) is 0 Å². The van der Waals surface area contributed by atoms with Crippen molar-refractivity contribution in [1.82, 2.24) is 9.80 Å². The van der Waals surface area contributed by atoms with E-state index in [9.17, 15) is 9.59 Å². The maximum absolute atomic E-state index is 13.3. The minimum atomic E-state index is -0.249. The molecule has 2 amide bonds. The van der Waals surface area contributed by atoms with Gasteiger partial charge in [0.2, 0.25) is 11.8 Å². The lowest BCUT2D eigenvalue weighted by Gasteiger charge is -2.41. The summed E-state index contributed by atoms with van der Waals surface area (Å²) < 4.78 is 0. The molecule has 0 bridgehead atoms. The highest BCUT2D eigenvalue weighted by atomic mass is 16.2. The van der Waals surface area contributed by atoms with Crippen LogP contribution < -0.4 is 0 Å². The second kappa shape index (κ2) is 7.28. The van der Waals surface area contributed by atoms with Crippen molar-refractivity contribution in [2.75, 3.05) is 26.2 Å². The van der Waals surface area contributed by atoms with Crippen molar-refractivity contribution < 1.29 is 9.59 Å². The van der Waals surface area contributed by atoms with Crippen LogP contribution in [0.1, 0.15) is 77.0 Å². The average molecular weight is 347 g/mol. The summed E-state index contributed by atoms with van der Waals surface area (Å²) in [5.74, 6) is 1.66. The summed E-state index contributed by atoms with van der Waals surface area (Å²) in [6.07, 6.45) is 14.1. The van der Waals surface area contributed by atoms with E-state index >= 15 is 0 Å². The Kier molecular flexibility index (Phi) is 5.06. The molecule has 0 N–H and O–H groups in total. The number of amides is 2. The number of rotatable bonds is 3. The van der Waals surface area contributed by atoms with Crippen molar-refractivity contribution in [3.8, 4) is 0 Å². The van der Waals surface area contributed by atoms with E-state index in [4.69, 9.17) is 0 Å². The van der Waals surface area contributed by atoms with E-state index < -0.39 is 0 Å². The molecule has 4 aliphatic rings. The van der Waals surface area contributed by atoms with E-state index in [1.165, 1.54) is 44.9 Å². The topological polar surface area (TPSA) is 40.6 Å². The second-order valence-corrected chi connectivity index (χ2v) is 9.13. The maximum atomic E-state index is 13.3. The van der Waals surface area contributed by atoms with E-state index in [1.54, 1.807) is 0 Å². The van der Waals surface area contributed by atoms with Crippen LogP contribution in [0.5, 0.6) is 0 Å². The Labute approximate surface area is 152 Å². The summed E-state index contributed by atoms with van der Waals surface area (Å²) in [6.45, 7) is 3.41. The predicted molar refractivity (Wildman–Crippen MR) is 98.0 cm³/mol. The third-order valence-electron chi connectivity index (χ3n) is 7.40. The fraction of sp³-hybridized carbons (Fsp3) is 0.905. The highest BCUT2D eigenvalue weighted by Crippen LogP contribution is 2.42. The van der Waals surface area contributed by atoms with Crippen molar-refractivity contribution in [2.45, 2.75) is 77.0 Å². The molecule has 4 nitrogen and oxygen atoms in total. The fourth-order valence-corrected chi connectivity index (χ4v) is 5.88. The molecule has 4 rings (SSSR count). The summed E-state index contributed by atoms with van der Waals surface area (Å²) in [4.78, 5) is 30.3. The van der Waals surface area contributed by atoms with Gasteiger partial charge < -0.3 is 9.80 Å². The first-order valence-electron chi connectivity index (χ1n) is 10.8. The number of hydrogen-bond acceptors (Lipinski definition) is 2. The summed E-state index contributed by atoms with van der Waals surface area (Å²) in [7, 11) is 0. The molecule has 0 radical (unpaired) electrons. The molecule has 1 atom stereocenters. The van der Waals surface area contributed by atoms with Crippen molar-refractivity contribution in [3.63, 3.8) is 0 Å². The Morgan fingerprint density at radius 2 is 1.64 bits per heavy atom. The number of piperidine rings is 1. The van der Waals surface area contributed by atoms with Gasteiger partial charge in [-0.1, -0.05) is 32.1 Å². The van der Waals surface area contributed by atoms with Gasteiger partial charge in [-0.05, 0) is 50.9 Å². The van der Waals surface area contributed by atoms with Gasteiger partial charge in [-0.25, -0.2) is 0 Å². The zero-order valence-corrected chi connectivity index (χ0v) is 15.7. The standard InChI is InChI=1S/C21H34N2O2/c24-19(18-9-4-5-10-18)23-14-12-21(16-23)11-6-13-22(20(21)25)15-17-7-2-1-3-8-17/h17-18H,1-16H2/t21-/m0/s1. The van der Waals surface area contributed by atoms with E-state index in [0.717, 1.165) is 51.7 Å². The normalized spacial score (nSPS) is 32.1. The third kappa shape index (κ3) is 3.46. The molecular weight excluding hydrogens is 312 g/mol. The first kappa shape index (κ1) is 17.4. The van der Waals surface area contributed by atoms with Gasteiger partial charge in [-0.2, -0.15) is 0 Å². The molecule has 2 aliphatic carbocycles. The maximum Gasteiger partial charge on any atom is 0.230 e. The van der Waals surface area contributed by atoms with E-state index in [-0.39, 0.29) is 11.3 Å². The largest absolute Gasteiger partial charge is 0.342 e. The van der Waals surface area contributed by atoms with Crippen LogP contribution in [-0.2, 0) is 9.59 Å². The molecule has 2 heterocycles. The molecule has 2 aliphatic heterocycles. The Balaban J connectivity index is 1.39. The van der Waals surface area contributed by atoms with Crippen molar-refractivity contribution >= 4 is 11.8 Å². The van der Waals surface area contributed by atoms with Crippen LogP contribution >= 0.6 is 0 Å². The van der Waals surface area contributed by atoms with Gasteiger partial charge >= 0.3 is 0 Å². The molecule has 140 valence electrons. The lowest BCUT2D eigenvalue weighted by atomic mass is 9.77. The van der Waals surface area contributed by atoms with Crippen LogP contribution in [0.4, 0.5) is 0 Å². The van der Waals surface area contributed by atoms with Crippen LogP contribution in [0.3, 0.4) is 0 Å². The zero-order chi connectivity index (χ0) is 17.3. The Bertz CT molecular complexity index is 508. The van der Waals surface area contributed by atoms with Gasteiger partial charge in [-0.3, -0.25) is 9.59 Å². The third-order valence-corrected chi connectivity index (χ3v) is 7.40. The van der Waals surface area contributed by atoms with Crippen LogP contribution in [0.2, 0.25) is 0 Å². The molecule has 0 aromatic carbocycles. The summed E-state index contributed by atoms with van der Waals surface area (Å²) in [5, 5.41) is 0. The van der Waals surface area contributed by atoms with Crippen LogP contribution in [-0.4, -0.2) is 47.8 Å². The molecule has 25 heavy (non-hydrogen) atoms. The highest BCUT2D eigenvalue weighted by Gasteiger charge is 2.50. The van der Waals surface area contributed by atoms with Crippen LogP contribution in [0.25, 0.3) is 0 Å². The van der Waals surface area contributed by atoms with Gasteiger partial charge in [-0.15, -0.1) is 0 Å². The van der Waals surface area contributed by atoms with Gasteiger partial charge in [0.05, 0.1) is 5.41 Å². The summed E-state index contributed by atoms with van der Waals surface area (Å²) >= 11 is 0. The molecule has 0 unspecified atom stereocenters. The highest BCUT2D eigenvalue weighted by molar-refractivity contribution is 5.86.